The third kappa shape index (κ3) is 4.03. The van der Waals surface area contributed by atoms with Crippen LogP contribution in [0.4, 0.5) is 5.69 Å². The molecule has 30 heavy (non-hydrogen) atoms. The number of nitrogens with one attached hydrogen (secondary N) is 1. The number of esters is 1. The molecule has 0 aromatic heterocycles. The van der Waals surface area contributed by atoms with E-state index in [4.69, 9.17) is 9.47 Å². The van der Waals surface area contributed by atoms with E-state index >= 15 is 0 Å². The highest BCUT2D eigenvalue weighted by molar-refractivity contribution is 6.22. The number of benzene rings is 2. The van der Waals surface area contributed by atoms with Crippen LogP contribution in [0.25, 0.3) is 0 Å². The minimum atomic E-state index is -1.07. The minimum Gasteiger partial charge on any atom is -0.497 e. The minimum absolute atomic E-state index is 0.0876. The van der Waals surface area contributed by atoms with Crippen LogP contribution in [-0.2, 0) is 9.53 Å². The third-order valence-corrected chi connectivity index (χ3v) is 4.68. The summed E-state index contributed by atoms with van der Waals surface area (Å²) in [6.45, 7) is 4.92. The Morgan fingerprint density at radius 3 is 2.17 bits per heavy atom. The fraction of sp³-hybridized carbons (Fsp3) is 0.273. The van der Waals surface area contributed by atoms with E-state index in [2.05, 4.69) is 5.32 Å². The van der Waals surface area contributed by atoms with Crippen molar-refractivity contribution in [2.45, 2.75) is 32.9 Å². The zero-order valence-electron chi connectivity index (χ0n) is 17.1. The van der Waals surface area contributed by atoms with E-state index in [0.717, 1.165) is 4.90 Å². The first-order valence-electron chi connectivity index (χ1n) is 9.40. The highest BCUT2D eigenvalue weighted by atomic mass is 16.5. The molecule has 0 saturated heterocycles. The van der Waals surface area contributed by atoms with Gasteiger partial charge in [-0.15, -0.1) is 0 Å². The Bertz CT molecular complexity index is 1010. The van der Waals surface area contributed by atoms with Crippen LogP contribution < -0.4 is 10.1 Å². The summed E-state index contributed by atoms with van der Waals surface area (Å²) in [5.41, 5.74) is 1.01. The Morgan fingerprint density at radius 2 is 1.57 bits per heavy atom. The van der Waals surface area contributed by atoms with Crippen LogP contribution in [0.3, 0.4) is 0 Å². The molecule has 3 rings (SSSR count). The Kier molecular flexibility index (Phi) is 5.86. The number of carbonyl (C=O) groups is 4. The van der Waals surface area contributed by atoms with Crippen molar-refractivity contribution >= 4 is 29.4 Å². The fourth-order valence-corrected chi connectivity index (χ4v) is 3.06. The summed E-state index contributed by atoms with van der Waals surface area (Å²) in [5.74, 6) is -1.47. The van der Waals surface area contributed by atoms with Crippen molar-refractivity contribution in [2.24, 2.45) is 0 Å². The van der Waals surface area contributed by atoms with Crippen LogP contribution in [0.1, 0.15) is 51.8 Å². The maximum Gasteiger partial charge on any atom is 0.338 e. The van der Waals surface area contributed by atoms with Crippen LogP contribution in [0, 0.1) is 0 Å². The smallest absolute Gasteiger partial charge is 0.338 e. The van der Waals surface area contributed by atoms with Gasteiger partial charge in [-0.05, 0) is 63.2 Å². The second-order valence-corrected chi connectivity index (χ2v) is 7.10. The van der Waals surface area contributed by atoms with E-state index in [9.17, 15) is 19.2 Å². The van der Waals surface area contributed by atoms with Crippen LogP contribution in [-0.4, -0.2) is 47.8 Å². The maximum atomic E-state index is 12.5. The van der Waals surface area contributed by atoms with Crippen molar-refractivity contribution in [2.75, 3.05) is 12.4 Å². The topological polar surface area (TPSA) is 102 Å². The SMILES string of the molecule is COc1ccc(NC(=O)[C@@H](C)OC(=O)c2ccc3c(c2)C(=O)N(C(C)C)C3=O)cc1. The monoisotopic (exact) mass is 410 g/mol. The molecule has 1 atom stereocenters. The number of hydrogen-bond donors (Lipinski definition) is 1. The highest BCUT2D eigenvalue weighted by Crippen LogP contribution is 2.26. The molecule has 3 amide bonds. The van der Waals surface area contributed by atoms with E-state index < -0.39 is 29.8 Å². The number of hydrogen-bond acceptors (Lipinski definition) is 6. The normalized spacial score (nSPS) is 13.8. The van der Waals surface area contributed by atoms with Gasteiger partial charge >= 0.3 is 5.97 Å². The average Bonchev–Trinajstić information content (AvgIpc) is 2.98. The lowest BCUT2D eigenvalue weighted by molar-refractivity contribution is -0.123. The predicted octanol–water partition coefficient (Wildman–Crippen LogP) is 2.88. The molecular formula is C22H22N2O6. The van der Waals surface area contributed by atoms with Gasteiger partial charge in [-0.25, -0.2) is 4.79 Å². The van der Waals surface area contributed by atoms with E-state index in [1.165, 1.54) is 32.2 Å². The van der Waals surface area contributed by atoms with Gasteiger partial charge in [-0.1, -0.05) is 0 Å². The van der Waals surface area contributed by atoms with Crippen LogP contribution in [0.15, 0.2) is 42.5 Å². The molecule has 1 heterocycles. The lowest BCUT2D eigenvalue weighted by atomic mass is 10.1. The van der Waals surface area contributed by atoms with Gasteiger partial charge in [0, 0.05) is 11.7 Å². The molecule has 0 spiro atoms. The summed E-state index contributed by atoms with van der Waals surface area (Å²) in [7, 11) is 1.54. The Labute approximate surface area is 173 Å². The van der Waals surface area contributed by atoms with Crippen molar-refractivity contribution < 1.29 is 28.7 Å². The van der Waals surface area contributed by atoms with Crippen molar-refractivity contribution in [3.8, 4) is 5.75 Å². The maximum absolute atomic E-state index is 12.5. The standard InChI is InChI=1S/C22H22N2O6/c1-12(2)24-20(26)17-10-5-14(11-18(17)21(24)27)22(28)30-13(3)19(25)23-15-6-8-16(29-4)9-7-15/h5-13H,1-4H3,(H,23,25)/t13-/m1/s1. The number of anilines is 1. The molecule has 0 radical (unpaired) electrons. The second-order valence-electron chi connectivity index (χ2n) is 7.10. The molecule has 156 valence electrons. The molecule has 0 bridgehead atoms. The first-order valence-corrected chi connectivity index (χ1v) is 9.40. The molecule has 0 aliphatic carbocycles. The molecule has 0 saturated carbocycles. The number of amides is 3. The largest absolute Gasteiger partial charge is 0.497 e. The number of nitrogens with zero attached hydrogens (tertiary/aromatic N) is 1. The van der Waals surface area contributed by atoms with Crippen LogP contribution in [0.5, 0.6) is 5.75 Å². The van der Waals surface area contributed by atoms with Gasteiger partial charge in [0.05, 0.1) is 23.8 Å². The number of methoxy groups -OCH3 is 1. The van der Waals surface area contributed by atoms with Crippen molar-refractivity contribution in [3.63, 3.8) is 0 Å². The van der Waals surface area contributed by atoms with Gasteiger partial charge in [0.25, 0.3) is 17.7 Å². The first-order chi connectivity index (χ1) is 14.2. The molecule has 2 aromatic rings. The number of fused-ring (bicyclic) bond motifs is 1. The molecule has 0 unspecified atom stereocenters. The first kappa shape index (κ1) is 21.0. The summed E-state index contributed by atoms with van der Waals surface area (Å²) in [5, 5.41) is 2.65. The molecule has 1 aliphatic rings. The van der Waals surface area contributed by atoms with Gasteiger partial charge < -0.3 is 14.8 Å². The second kappa shape index (κ2) is 8.36. The van der Waals surface area contributed by atoms with E-state index in [1.54, 1.807) is 38.1 Å². The van der Waals surface area contributed by atoms with Gasteiger partial charge in [0.2, 0.25) is 0 Å². The zero-order valence-corrected chi connectivity index (χ0v) is 17.1. The number of rotatable bonds is 6. The molecular weight excluding hydrogens is 388 g/mol. The van der Waals surface area contributed by atoms with Crippen molar-refractivity contribution in [3.05, 3.63) is 59.2 Å². The van der Waals surface area contributed by atoms with Gasteiger partial charge in [0.15, 0.2) is 6.10 Å². The number of imide groups is 1. The van der Waals surface area contributed by atoms with Gasteiger partial charge in [-0.2, -0.15) is 0 Å². The lowest BCUT2D eigenvalue weighted by Crippen LogP contribution is -2.35. The van der Waals surface area contributed by atoms with E-state index in [-0.39, 0.29) is 22.7 Å². The van der Waals surface area contributed by atoms with Crippen LogP contribution in [0.2, 0.25) is 0 Å². The molecule has 1 aliphatic heterocycles. The molecule has 8 nitrogen and oxygen atoms in total. The summed E-state index contributed by atoms with van der Waals surface area (Å²) in [6.07, 6.45) is -1.07. The van der Waals surface area contributed by atoms with E-state index in [1.807, 2.05) is 0 Å². The summed E-state index contributed by atoms with van der Waals surface area (Å²) < 4.78 is 10.3. The molecule has 0 fully saturated rings. The molecule has 8 heteroatoms. The molecule has 2 aromatic carbocycles. The summed E-state index contributed by atoms with van der Waals surface area (Å²) >= 11 is 0. The van der Waals surface area contributed by atoms with E-state index in [0.29, 0.717) is 11.4 Å². The van der Waals surface area contributed by atoms with Gasteiger partial charge in [-0.3, -0.25) is 19.3 Å². The van der Waals surface area contributed by atoms with Crippen molar-refractivity contribution in [1.82, 2.24) is 4.90 Å². The third-order valence-electron chi connectivity index (χ3n) is 4.68. The summed E-state index contributed by atoms with van der Waals surface area (Å²) in [6, 6.07) is 10.6. The Hall–Kier alpha value is -3.68. The average molecular weight is 410 g/mol. The van der Waals surface area contributed by atoms with Crippen molar-refractivity contribution in [1.29, 1.82) is 0 Å². The van der Waals surface area contributed by atoms with Gasteiger partial charge in [0.1, 0.15) is 5.75 Å². The molecule has 1 N–H and O–H groups in total. The fourth-order valence-electron chi connectivity index (χ4n) is 3.06. The van der Waals surface area contributed by atoms with Crippen LogP contribution >= 0.6 is 0 Å². The quantitative estimate of drug-likeness (QED) is 0.580. The lowest BCUT2D eigenvalue weighted by Gasteiger charge is -2.17. The zero-order chi connectivity index (χ0) is 22.0. The predicted molar refractivity (Wildman–Crippen MR) is 109 cm³/mol. The number of ether oxygens (including phenoxy) is 2. The Morgan fingerprint density at radius 1 is 0.933 bits per heavy atom. The number of carbonyl (C=O) groups excluding carboxylic acids is 4. The summed E-state index contributed by atoms with van der Waals surface area (Å²) in [4.78, 5) is 50.7. The Balaban J connectivity index is 1.68. The highest BCUT2D eigenvalue weighted by Gasteiger charge is 2.37.